The molecule has 14 heteroatoms. The van der Waals surface area contributed by atoms with Crippen molar-refractivity contribution < 1.29 is 27.4 Å². The number of nitrogens with one attached hydrogen (secondary N) is 1. The molecule has 1 N–H and O–H groups in total. The Labute approximate surface area is 221 Å². The summed E-state index contributed by atoms with van der Waals surface area (Å²) in [6.45, 7) is 5.50. The smallest absolute Gasteiger partial charge is 0.406 e. The molecule has 4 aromatic rings. The SMILES string of the molecule is Cc1ncc(NC(=O)c2cc(OC(F)(F)F)cc(N3CCOCC3)c2)cc1-n1cc(-c2cnn(C)c2C)nn1. The molecule has 1 fully saturated rings. The van der Waals surface area contributed by atoms with Gasteiger partial charge in [0.05, 0.1) is 48.9 Å². The van der Waals surface area contributed by atoms with Crippen LogP contribution in [0.4, 0.5) is 24.5 Å². The maximum Gasteiger partial charge on any atom is 0.573 e. The summed E-state index contributed by atoms with van der Waals surface area (Å²) in [5.41, 5.74) is 4.31. The summed E-state index contributed by atoms with van der Waals surface area (Å²) in [6, 6.07) is 5.49. The largest absolute Gasteiger partial charge is 0.573 e. The molecule has 0 atom stereocenters. The lowest BCUT2D eigenvalue weighted by Gasteiger charge is -2.29. The molecule has 1 aliphatic rings. The number of anilines is 2. The van der Waals surface area contributed by atoms with Crippen LogP contribution in [0.5, 0.6) is 5.75 Å². The quantitative estimate of drug-likeness (QED) is 0.393. The zero-order chi connectivity index (χ0) is 27.7. The Bertz CT molecular complexity index is 1510. The molecule has 4 heterocycles. The number of aryl methyl sites for hydroxylation is 2. The molecule has 3 aromatic heterocycles. The number of pyridine rings is 1. The summed E-state index contributed by atoms with van der Waals surface area (Å²) in [5.74, 6) is -1.11. The number of nitrogens with zero attached hydrogens (tertiary/aromatic N) is 7. The fourth-order valence-corrected chi connectivity index (χ4v) is 4.19. The minimum absolute atomic E-state index is 0.00420. The molecule has 5 rings (SSSR count). The minimum atomic E-state index is -4.90. The minimum Gasteiger partial charge on any atom is -0.406 e. The second-order valence-electron chi connectivity index (χ2n) is 8.96. The molecule has 11 nitrogen and oxygen atoms in total. The van der Waals surface area contributed by atoms with E-state index < -0.39 is 18.0 Å². The number of benzene rings is 1. The van der Waals surface area contributed by atoms with Crippen molar-refractivity contribution in [2.24, 2.45) is 7.05 Å². The molecule has 1 aliphatic heterocycles. The van der Waals surface area contributed by atoms with Gasteiger partial charge in [-0.1, -0.05) is 5.21 Å². The lowest BCUT2D eigenvalue weighted by molar-refractivity contribution is -0.274. The first-order chi connectivity index (χ1) is 18.6. The van der Waals surface area contributed by atoms with Crippen LogP contribution >= 0.6 is 0 Å². The lowest BCUT2D eigenvalue weighted by atomic mass is 10.1. The molecule has 204 valence electrons. The highest BCUT2D eigenvalue weighted by atomic mass is 19.4. The van der Waals surface area contributed by atoms with Crippen molar-refractivity contribution in [2.75, 3.05) is 36.5 Å². The Hall–Kier alpha value is -4.46. The van der Waals surface area contributed by atoms with Gasteiger partial charge in [0.15, 0.2) is 0 Å². The van der Waals surface area contributed by atoms with E-state index in [1.54, 1.807) is 30.1 Å². The molecule has 0 unspecified atom stereocenters. The summed E-state index contributed by atoms with van der Waals surface area (Å²) in [4.78, 5) is 19.3. The van der Waals surface area contributed by atoms with Crippen molar-refractivity contribution in [3.8, 4) is 22.7 Å². The van der Waals surface area contributed by atoms with Crippen molar-refractivity contribution in [1.29, 1.82) is 0 Å². The first-order valence-corrected chi connectivity index (χ1v) is 12.0. The van der Waals surface area contributed by atoms with Gasteiger partial charge in [-0.05, 0) is 32.0 Å². The van der Waals surface area contributed by atoms with Crippen LogP contribution in [0.15, 0.2) is 42.9 Å². The third-order valence-corrected chi connectivity index (χ3v) is 6.33. The van der Waals surface area contributed by atoms with Crippen LogP contribution in [0.25, 0.3) is 16.9 Å². The number of hydrogen-bond acceptors (Lipinski definition) is 8. The molecule has 1 aromatic carbocycles. The van der Waals surface area contributed by atoms with Gasteiger partial charge < -0.3 is 19.7 Å². The molecule has 0 aliphatic carbocycles. The van der Waals surface area contributed by atoms with Crippen LogP contribution < -0.4 is 15.0 Å². The van der Waals surface area contributed by atoms with Crippen LogP contribution in [0.2, 0.25) is 0 Å². The number of ether oxygens (including phenoxy) is 2. The highest BCUT2D eigenvalue weighted by Crippen LogP contribution is 2.30. The molecule has 39 heavy (non-hydrogen) atoms. The summed E-state index contributed by atoms with van der Waals surface area (Å²) >= 11 is 0. The van der Waals surface area contributed by atoms with Crippen LogP contribution in [0.3, 0.4) is 0 Å². The lowest BCUT2D eigenvalue weighted by Crippen LogP contribution is -2.36. The van der Waals surface area contributed by atoms with Gasteiger partial charge in [-0.3, -0.25) is 14.5 Å². The summed E-state index contributed by atoms with van der Waals surface area (Å²) in [7, 11) is 1.83. The molecule has 0 spiro atoms. The standard InChI is InChI=1S/C25H25F3N8O3/c1-15-23(36-14-22(32-33-36)21-13-30-34(3)16(21)2)10-18(12-29-15)31-24(37)17-8-19(35-4-6-38-7-5-35)11-20(9-17)39-25(26,27)28/h8-14H,4-7H2,1-3H3,(H,31,37). The van der Waals surface area contributed by atoms with Crippen molar-refractivity contribution in [1.82, 2.24) is 29.8 Å². The van der Waals surface area contributed by atoms with Crippen molar-refractivity contribution in [2.45, 2.75) is 20.2 Å². The Morgan fingerprint density at radius 1 is 1.10 bits per heavy atom. The van der Waals surface area contributed by atoms with Gasteiger partial charge in [0, 0.05) is 48.7 Å². The van der Waals surface area contributed by atoms with Crippen LogP contribution in [0, 0.1) is 13.8 Å². The Morgan fingerprint density at radius 2 is 1.87 bits per heavy atom. The number of carbonyl (C=O) groups is 1. The third-order valence-electron chi connectivity index (χ3n) is 6.33. The average molecular weight is 543 g/mol. The number of carbonyl (C=O) groups excluding carboxylic acids is 1. The van der Waals surface area contributed by atoms with E-state index in [1.807, 2.05) is 18.9 Å². The van der Waals surface area contributed by atoms with Crippen molar-refractivity contribution >= 4 is 17.3 Å². The summed E-state index contributed by atoms with van der Waals surface area (Å²) in [5, 5.41) is 15.4. The van der Waals surface area contributed by atoms with E-state index in [2.05, 4.69) is 30.4 Å². The van der Waals surface area contributed by atoms with Gasteiger partial charge in [0.1, 0.15) is 11.4 Å². The topological polar surface area (TPSA) is 112 Å². The maximum absolute atomic E-state index is 13.2. The number of alkyl halides is 3. The molecule has 0 saturated carbocycles. The van der Waals surface area contributed by atoms with Gasteiger partial charge in [-0.15, -0.1) is 18.3 Å². The van der Waals surface area contributed by atoms with E-state index in [4.69, 9.17) is 4.74 Å². The first kappa shape index (κ1) is 26.2. The number of aromatic nitrogens is 6. The van der Waals surface area contributed by atoms with Gasteiger partial charge in [-0.25, -0.2) is 4.68 Å². The summed E-state index contributed by atoms with van der Waals surface area (Å²) < 4.78 is 51.7. The average Bonchev–Trinajstić information content (AvgIpc) is 3.51. The number of amides is 1. The first-order valence-electron chi connectivity index (χ1n) is 12.0. The molecule has 0 bridgehead atoms. The van der Waals surface area contributed by atoms with Crippen molar-refractivity contribution in [3.63, 3.8) is 0 Å². The third kappa shape index (κ3) is 5.85. The Morgan fingerprint density at radius 3 is 2.56 bits per heavy atom. The molecule has 0 radical (unpaired) electrons. The molecular formula is C25H25F3N8O3. The number of halogens is 3. The predicted octanol–water partition coefficient (Wildman–Crippen LogP) is 3.67. The number of hydrogen-bond donors (Lipinski definition) is 1. The van der Waals surface area contributed by atoms with Gasteiger partial charge in [-0.2, -0.15) is 5.10 Å². The zero-order valence-electron chi connectivity index (χ0n) is 21.4. The van der Waals surface area contributed by atoms with Crippen LogP contribution in [0.1, 0.15) is 21.7 Å². The Balaban J connectivity index is 1.41. The zero-order valence-corrected chi connectivity index (χ0v) is 21.4. The van der Waals surface area contributed by atoms with E-state index in [9.17, 15) is 18.0 Å². The van der Waals surface area contributed by atoms with Gasteiger partial charge in [0.2, 0.25) is 0 Å². The second kappa shape index (κ2) is 10.4. The van der Waals surface area contributed by atoms with E-state index in [1.165, 1.54) is 23.0 Å². The second-order valence-corrected chi connectivity index (χ2v) is 8.96. The van der Waals surface area contributed by atoms with Gasteiger partial charge >= 0.3 is 6.36 Å². The van der Waals surface area contributed by atoms with Crippen LogP contribution in [-0.4, -0.2) is 68.3 Å². The fraction of sp³-hybridized carbons (Fsp3) is 0.320. The van der Waals surface area contributed by atoms with E-state index in [0.717, 1.165) is 17.3 Å². The fourth-order valence-electron chi connectivity index (χ4n) is 4.19. The number of morpholine rings is 1. The Kier molecular flexibility index (Phi) is 6.95. The molecule has 1 saturated heterocycles. The molecular weight excluding hydrogens is 517 g/mol. The molecule has 1 amide bonds. The monoisotopic (exact) mass is 542 g/mol. The van der Waals surface area contributed by atoms with E-state index >= 15 is 0 Å². The normalized spacial score (nSPS) is 13.9. The van der Waals surface area contributed by atoms with Crippen molar-refractivity contribution in [3.05, 3.63) is 59.8 Å². The van der Waals surface area contributed by atoms with E-state index in [0.29, 0.717) is 54.8 Å². The predicted molar refractivity (Wildman–Crippen MR) is 135 cm³/mol. The number of rotatable bonds is 6. The maximum atomic E-state index is 13.2. The van der Waals surface area contributed by atoms with Gasteiger partial charge in [0.25, 0.3) is 5.91 Å². The van der Waals surface area contributed by atoms with Crippen LogP contribution in [-0.2, 0) is 11.8 Å². The van der Waals surface area contributed by atoms with E-state index in [-0.39, 0.29) is 5.56 Å². The summed E-state index contributed by atoms with van der Waals surface area (Å²) in [6.07, 6.45) is -0.0175. The highest BCUT2D eigenvalue weighted by molar-refractivity contribution is 6.05. The highest BCUT2D eigenvalue weighted by Gasteiger charge is 2.32.